The molecule has 42 heavy (non-hydrogen) atoms. The molecule has 2 N–H and O–H groups in total. The largest absolute Gasteiger partial charge is 1.00 e. The van der Waals surface area contributed by atoms with Gasteiger partial charge in [0.2, 0.25) is 0 Å². The maximum atomic E-state index is 13.3. The molecule has 0 spiro atoms. The van der Waals surface area contributed by atoms with E-state index >= 15 is 0 Å². The number of hydrogen-bond donors (Lipinski definition) is 2. The van der Waals surface area contributed by atoms with Crippen LogP contribution in [0.1, 0.15) is 35.1 Å². The van der Waals surface area contributed by atoms with Crippen molar-refractivity contribution in [2.24, 2.45) is 0 Å². The SMILES string of the molecule is CSCC[C@H](NC(=O)c1ccc(COCc2oc(-c3ccc(Cl)cc3)c(Cl)c2Cl)cc1-c1ccccc1C)C(=O)O.[H-].[Li+]. The molecule has 0 unspecified atom stereocenters. The monoisotopic (exact) mass is 639 g/mol. The van der Waals surface area contributed by atoms with Crippen molar-refractivity contribution in [1.29, 1.82) is 0 Å². The first kappa shape index (κ1) is 34.2. The summed E-state index contributed by atoms with van der Waals surface area (Å²) >= 11 is 20.4. The van der Waals surface area contributed by atoms with Gasteiger partial charge < -0.3 is 21.0 Å². The normalized spacial score (nSPS) is 11.5. The molecule has 0 saturated carbocycles. The zero-order chi connectivity index (χ0) is 29.5. The standard InChI is InChI=1S/C31H28Cl3NO5S.Li.H/c1-18-5-3-4-6-22(18)24-15-19(7-12-23(24)30(36)35-25(31(37)38)13-14-41-2)16-39-17-26-27(33)28(34)29(40-26)20-8-10-21(32)11-9-20;;/h3-12,15,25H,13-14,16-17H2,1-2H3,(H,35,36)(H,37,38);;/q;+1;-1/t25-;;/m0../s1. The van der Waals surface area contributed by atoms with Crippen molar-refractivity contribution in [3.63, 3.8) is 0 Å². The summed E-state index contributed by atoms with van der Waals surface area (Å²) in [5, 5.41) is 13.5. The molecule has 1 atom stereocenters. The van der Waals surface area contributed by atoms with Gasteiger partial charge in [-0.2, -0.15) is 11.8 Å². The molecule has 1 heterocycles. The molecule has 6 nitrogen and oxygen atoms in total. The Morgan fingerprint density at radius 2 is 1.71 bits per heavy atom. The van der Waals surface area contributed by atoms with Gasteiger partial charge in [-0.1, -0.05) is 65.1 Å². The summed E-state index contributed by atoms with van der Waals surface area (Å²) in [4.78, 5) is 25.0. The van der Waals surface area contributed by atoms with Crippen LogP contribution in [0, 0.1) is 6.92 Å². The predicted molar refractivity (Wildman–Crippen MR) is 167 cm³/mol. The van der Waals surface area contributed by atoms with Crippen LogP contribution in [-0.2, 0) is 22.7 Å². The number of carbonyl (C=O) groups excluding carboxylic acids is 1. The van der Waals surface area contributed by atoms with Gasteiger partial charge >= 0.3 is 24.8 Å². The summed E-state index contributed by atoms with van der Waals surface area (Å²) in [5.41, 5.74) is 4.45. The molecule has 1 aromatic heterocycles. The van der Waals surface area contributed by atoms with Crippen molar-refractivity contribution in [2.75, 3.05) is 12.0 Å². The fraction of sp³-hybridized carbons (Fsp3) is 0.226. The molecule has 0 bridgehead atoms. The molecule has 4 aromatic rings. The van der Waals surface area contributed by atoms with Gasteiger partial charge in [0, 0.05) is 16.1 Å². The van der Waals surface area contributed by atoms with Crippen LogP contribution < -0.4 is 24.2 Å². The van der Waals surface area contributed by atoms with Gasteiger partial charge in [0.1, 0.15) is 22.7 Å². The van der Waals surface area contributed by atoms with E-state index in [1.165, 1.54) is 11.8 Å². The molecule has 1 amide bonds. The third-order valence-corrected chi connectivity index (χ3v) is 8.20. The Morgan fingerprint density at radius 3 is 2.38 bits per heavy atom. The van der Waals surface area contributed by atoms with Crippen molar-refractivity contribution in [3.8, 4) is 22.5 Å². The van der Waals surface area contributed by atoms with Gasteiger partial charge in [-0.05, 0) is 84.0 Å². The van der Waals surface area contributed by atoms with Gasteiger partial charge in [0.15, 0.2) is 11.5 Å². The number of ether oxygens (including phenoxy) is 1. The van der Waals surface area contributed by atoms with Gasteiger partial charge in [-0.25, -0.2) is 4.79 Å². The number of aryl methyl sites for hydroxylation is 1. The van der Waals surface area contributed by atoms with E-state index in [4.69, 9.17) is 44.0 Å². The van der Waals surface area contributed by atoms with Crippen molar-refractivity contribution in [1.82, 2.24) is 5.32 Å². The summed E-state index contributed by atoms with van der Waals surface area (Å²) in [6.45, 7) is 2.24. The number of aliphatic carboxylic acids is 1. The zero-order valence-electron chi connectivity index (χ0n) is 24.4. The number of carboxylic acids is 1. The van der Waals surface area contributed by atoms with E-state index in [1.807, 2.05) is 43.5 Å². The van der Waals surface area contributed by atoms with E-state index in [9.17, 15) is 14.7 Å². The number of rotatable bonds is 12. The minimum Gasteiger partial charge on any atom is -1.00 e. The number of hydrogen-bond acceptors (Lipinski definition) is 5. The van der Waals surface area contributed by atoms with Crippen LogP contribution in [0.5, 0.6) is 0 Å². The van der Waals surface area contributed by atoms with Crippen molar-refractivity contribution in [3.05, 3.63) is 104 Å². The summed E-state index contributed by atoms with van der Waals surface area (Å²) in [5.74, 6) is -0.0747. The molecule has 0 fully saturated rings. The fourth-order valence-electron chi connectivity index (χ4n) is 4.28. The van der Waals surface area contributed by atoms with Crippen LogP contribution in [0.25, 0.3) is 22.5 Å². The average Bonchev–Trinajstić information content (AvgIpc) is 3.24. The van der Waals surface area contributed by atoms with Crippen LogP contribution in [0.2, 0.25) is 15.1 Å². The number of amides is 1. The minimum atomic E-state index is -1.06. The molecule has 4 rings (SSSR count). The fourth-order valence-corrected chi connectivity index (χ4v) is 5.31. The van der Waals surface area contributed by atoms with Crippen LogP contribution in [0.3, 0.4) is 0 Å². The van der Waals surface area contributed by atoms with Gasteiger partial charge in [0.05, 0.1) is 6.61 Å². The third kappa shape index (κ3) is 8.39. The van der Waals surface area contributed by atoms with E-state index in [1.54, 1.807) is 36.4 Å². The van der Waals surface area contributed by atoms with Crippen LogP contribution in [0.4, 0.5) is 0 Å². The quantitative estimate of drug-likeness (QED) is 0.195. The summed E-state index contributed by atoms with van der Waals surface area (Å²) in [6, 6.07) is 19.1. The molecule has 216 valence electrons. The molecule has 11 heteroatoms. The Bertz CT molecular complexity index is 1550. The first-order valence-electron chi connectivity index (χ1n) is 12.7. The topological polar surface area (TPSA) is 88.8 Å². The number of carbonyl (C=O) groups is 2. The molecule has 0 aliphatic heterocycles. The zero-order valence-corrected chi connectivity index (χ0v) is 26.5. The first-order chi connectivity index (χ1) is 19.7. The van der Waals surface area contributed by atoms with E-state index in [-0.39, 0.29) is 38.5 Å². The summed E-state index contributed by atoms with van der Waals surface area (Å²) in [7, 11) is 0. The number of carboxylic acid groups (broad SMARTS) is 1. The van der Waals surface area contributed by atoms with E-state index in [0.717, 1.165) is 22.3 Å². The number of benzene rings is 3. The van der Waals surface area contributed by atoms with Crippen molar-refractivity contribution < 1.29 is 44.1 Å². The second kappa shape index (κ2) is 15.9. The molecule has 0 aliphatic rings. The number of nitrogens with one attached hydrogen (secondary N) is 1. The Morgan fingerprint density at radius 1 is 1.00 bits per heavy atom. The second-order valence-corrected chi connectivity index (χ2v) is 11.5. The van der Waals surface area contributed by atoms with Gasteiger partial charge in [-0.15, -0.1) is 0 Å². The summed E-state index contributed by atoms with van der Waals surface area (Å²) < 4.78 is 11.9. The molecule has 0 aliphatic carbocycles. The maximum absolute atomic E-state index is 13.3. The van der Waals surface area contributed by atoms with E-state index in [2.05, 4.69) is 5.32 Å². The molecule has 0 saturated heterocycles. The van der Waals surface area contributed by atoms with Crippen LogP contribution >= 0.6 is 46.6 Å². The second-order valence-electron chi connectivity index (χ2n) is 9.32. The Kier molecular flexibility index (Phi) is 13.0. The Hall–Kier alpha value is -2.34. The first-order valence-corrected chi connectivity index (χ1v) is 15.2. The van der Waals surface area contributed by atoms with Gasteiger partial charge in [0.25, 0.3) is 5.91 Å². The van der Waals surface area contributed by atoms with E-state index < -0.39 is 17.9 Å². The van der Waals surface area contributed by atoms with Crippen LogP contribution in [0.15, 0.2) is 71.1 Å². The van der Waals surface area contributed by atoms with Crippen LogP contribution in [-0.4, -0.2) is 35.0 Å². The van der Waals surface area contributed by atoms with Crippen molar-refractivity contribution in [2.45, 2.75) is 32.6 Å². The van der Waals surface area contributed by atoms with Crippen molar-refractivity contribution >= 4 is 58.4 Å². The van der Waals surface area contributed by atoms with Gasteiger partial charge in [-0.3, -0.25) is 4.79 Å². The smallest absolute Gasteiger partial charge is 1.00 e. The number of thioether (sulfide) groups is 1. The third-order valence-electron chi connectivity index (χ3n) is 6.45. The summed E-state index contributed by atoms with van der Waals surface area (Å²) in [6.07, 6.45) is 2.22. The average molecular weight is 641 g/mol. The maximum Gasteiger partial charge on any atom is 1.00 e. The minimum absolute atomic E-state index is 0. The Balaban J connectivity index is 0.00000323. The molecular formula is C31H29Cl3LiNO5S. The molecular weight excluding hydrogens is 612 g/mol. The molecule has 3 aromatic carbocycles. The van der Waals surface area contributed by atoms with E-state index in [0.29, 0.717) is 44.9 Å². The number of halogens is 3. The molecule has 0 radical (unpaired) electrons. The predicted octanol–water partition coefficient (Wildman–Crippen LogP) is 5.65. The number of furan rings is 1. The Labute approximate surface area is 277 Å².